The van der Waals surface area contributed by atoms with Gasteiger partial charge in [-0.2, -0.15) is 0 Å². The Hall–Kier alpha value is -0.770. The Morgan fingerprint density at radius 2 is 1.54 bits per heavy atom. The summed E-state index contributed by atoms with van der Waals surface area (Å²) in [6.07, 6.45) is 4.05. The van der Waals surface area contributed by atoms with Crippen molar-refractivity contribution in [2.24, 2.45) is 23.7 Å². The van der Waals surface area contributed by atoms with Crippen molar-refractivity contribution < 1.29 is 10.2 Å². The molecule has 6 atom stereocenters. The molecule has 138 valence electrons. The van der Waals surface area contributed by atoms with E-state index in [0.717, 1.165) is 31.3 Å². The molecule has 2 saturated carbocycles. The predicted molar refractivity (Wildman–Crippen MR) is 109 cm³/mol. The van der Waals surface area contributed by atoms with Crippen molar-refractivity contribution in [1.82, 2.24) is 0 Å². The zero-order valence-electron chi connectivity index (χ0n) is 15.8. The molecule has 0 heterocycles. The molecule has 0 spiro atoms. The first-order chi connectivity index (χ1) is 11.3. The lowest BCUT2D eigenvalue weighted by Crippen LogP contribution is -2.34. The first-order valence-electron chi connectivity index (χ1n) is 8.78. The summed E-state index contributed by atoms with van der Waals surface area (Å²) in [5.41, 5.74) is 1.63. The maximum Gasteiger partial charge on any atom is 0.0685 e. The second kappa shape index (κ2) is 10.3. The Kier molecular flexibility index (Phi) is 9.94. The third kappa shape index (κ3) is 5.11. The van der Waals surface area contributed by atoms with Crippen LogP contribution in [0.15, 0.2) is 37.5 Å². The molecule has 2 aliphatic carbocycles. The van der Waals surface area contributed by atoms with Gasteiger partial charge in [-0.1, -0.05) is 49.9 Å². The van der Waals surface area contributed by atoms with Gasteiger partial charge in [-0.25, -0.2) is 0 Å². The fourth-order valence-corrected chi connectivity index (χ4v) is 4.55. The molecule has 2 nitrogen and oxygen atoms in total. The molecule has 0 amide bonds. The van der Waals surface area contributed by atoms with E-state index in [2.05, 4.69) is 58.3 Å². The fourth-order valence-electron chi connectivity index (χ4n) is 4.55. The SMILES string of the molecule is C=C.C=C(C)C1CC(C2(O)CC(CC)C(C(=C)C)C2)CC1O.C=S. The average Bonchev–Trinajstić information content (AvgIpc) is 3.13. The second-order valence-electron chi connectivity index (χ2n) is 7.32. The Balaban J connectivity index is 0.00000123. The van der Waals surface area contributed by atoms with E-state index in [1.165, 1.54) is 5.57 Å². The van der Waals surface area contributed by atoms with Crippen LogP contribution in [0.25, 0.3) is 0 Å². The Morgan fingerprint density at radius 3 is 1.88 bits per heavy atom. The highest BCUT2D eigenvalue weighted by molar-refractivity contribution is 7.77. The van der Waals surface area contributed by atoms with E-state index >= 15 is 0 Å². The summed E-state index contributed by atoms with van der Waals surface area (Å²) in [6.45, 7) is 20.4. The number of aliphatic hydroxyl groups is 2. The zero-order chi connectivity index (χ0) is 19.1. The van der Waals surface area contributed by atoms with Gasteiger partial charge >= 0.3 is 0 Å². The van der Waals surface area contributed by atoms with Gasteiger partial charge in [-0.05, 0) is 63.2 Å². The van der Waals surface area contributed by atoms with Crippen molar-refractivity contribution in [2.45, 2.75) is 64.6 Å². The van der Waals surface area contributed by atoms with E-state index in [-0.39, 0.29) is 17.9 Å². The molecule has 2 fully saturated rings. The van der Waals surface area contributed by atoms with Crippen molar-refractivity contribution in [3.63, 3.8) is 0 Å². The lowest BCUT2D eigenvalue weighted by Gasteiger charge is -2.30. The van der Waals surface area contributed by atoms with Crippen LogP contribution in [0.1, 0.15) is 52.9 Å². The van der Waals surface area contributed by atoms with Crippen LogP contribution in [-0.2, 0) is 0 Å². The quantitative estimate of drug-likeness (QED) is 0.545. The largest absolute Gasteiger partial charge is 0.392 e. The van der Waals surface area contributed by atoms with Crippen molar-refractivity contribution >= 4 is 18.1 Å². The first-order valence-corrected chi connectivity index (χ1v) is 9.36. The molecule has 24 heavy (non-hydrogen) atoms. The van der Waals surface area contributed by atoms with Crippen molar-refractivity contribution in [3.8, 4) is 0 Å². The number of thiocarbonyl (C=S) groups is 1. The van der Waals surface area contributed by atoms with Crippen LogP contribution >= 0.6 is 12.2 Å². The Labute approximate surface area is 154 Å². The molecule has 0 aliphatic heterocycles. The van der Waals surface area contributed by atoms with Crippen LogP contribution in [0.4, 0.5) is 0 Å². The number of hydrogen-bond donors (Lipinski definition) is 2. The minimum atomic E-state index is -0.616. The smallest absolute Gasteiger partial charge is 0.0685 e. The highest BCUT2D eigenvalue weighted by Gasteiger charge is 2.51. The van der Waals surface area contributed by atoms with Gasteiger partial charge in [-0.15, -0.1) is 13.2 Å². The van der Waals surface area contributed by atoms with Crippen LogP contribution in [0.2, 0.25) is 0 Å². The maximum atomic E-state index is 11.1. The van der Waals surface area contributed by atoms with Crippen LogP contribution < -0.4 is 0 Å². The van der Waals surface area contributed by atoms with Gasteiger partial charge in [0.2, 0.25) is 0 Å². The summed E-state index contributed by atoms with van der Waals surface area (Å²) in [4.78, 5) is 0. The molecule has 2 rings (SSSR count). The molecule has 0 bridgehead atoms. The third-order valence-electron chi connectivity index (χ3n) is 5.84. The van der Waals surface area contributed by atoms with Gasteiger partial charge in [0.1, 0.15) is 0 Å². The van der Waals surface area contributed by atoms with E-state index in [9.17, 15) is 10.2 Å². The van der Waals surface area contributed by atoms with Crippen molar-refractivity contribution in [1.29, 1.82) is 0 Å². The van der Waals surface area contributed by atoms with Gasteiger partial charge in [0, 0.05) is 5.92 Å². The predicted octanol–water partition coefficient (Wildman–Crippen LogP) is 5.11. The van der Waals surface area contributed by atoms with E-state index in [0.29, 0.717) is 18.3 Å². The third-order valence-corrected chi connectivity index (χ3v) is 5.84. The van der Waals surface area contributed by atoms with Gasteiger partial charge in [0.25, 0.3) is 0 Å². The molecule has 2 aliphatic rings. The molecule has 0 aromatic carbocycles. The van der Waals surface area contributed by atoms with Gasteiger partial charge in [-0.3, -0.25) is 0 Å². The molecule has 3 heteroatoms. The standard InChI is InChI=1S/C18H30O2.C2H4.CH2S/c1-6-13-9-18(20,10-16(13)12(4)5)14-7-15(11(2)3)17(19)8-14;2*1-2/h13-17,19-20H,2,4,6-10H2,1,3,5H3;1-2H2;1H2. The molecule has 0 saturated heterocycles. The molecule has 6 unspecified atom stereocenters. The normalized spacial score (nSPS) is 37.6. The van der Waals surface area contributed by atoms with Gasteiger partial charge < -0.3 is 10.2 Å². The van der Waals surface area contributed by atoms with Gasteiger partial charge in [0.15, 0.2) is 0 Å². The molecular weight excluding hydrogens is 316 g/mol. The number of hydrogen-bond acceptors (Lipinski definition) is 3. The van der Waals surface area contributed by atoms with E-state index < -0.39 is 5.60 Å². The highest BCUT2D eigenvalue weighted by atomic mass is 32.1. The number of rotatable bonds is 4. The molecule has 0 aromatic rings. The van der Waals surface area contributed by atoms with Crippen molar-refractivity contribution in [3.05, 3.63) is 37.5 Å². The monoisotopic (exact) mass is 352 g/mol. The zero-order valence-corrected chi connectivity index (χ0v) is 16.6. The van der Waals surface area contributed by atoms with Crippen LogP contribution in [0, 0.1) is 23.7 Å². The first kappa shape index (κ1) is 23.2. The summed E-state index contributed by atoms with van der Waals surface area (Å²) < 4.78 is 0. The summed E-state index contributed by atoms with van der Waals surface area (Å²) in [7, 11) is 0. The van der Waals surface area contributed by atoms with E-state index in [4.69, 9.17) is 0 Å². The van der Waals surface area contributed by atoms with E-state index in [1.807, 2.05) is 6.92 Å². The number of aliphatic hydroxyl groups excluding tert-OH is 1. The second-order valence-corrected chi connectivity index (χ2v) is 7.32. The van der Waals surface area contributed by atoms with Gasteiger partial charge in [0.05, 0.1) is 11.7 Å². The van der Waals surface area contributed by atoms with Crippen LogP contribution in [0.5, 0.6) is 0 Å². The highest BCUT2D eigenvalue weighted by Crippen LogP contribution is 2.52. The minimum absolute atomic E-state index is 0.160. The Bertz CT molecular complexity index is 432. The Morgan fingerprint density at radius 1 is 1.04 bits per heavy atom. The molecule has 0 radical (unpaired) electrons. The molecule has 2 N–H and O–H groups in total. The van der Waals surface area contributed by atoms with Crippen molar-refractivity contribution in [2.75, 3.05) is 0 Å². The fraction of sp³-hybridized carbons (Fsp3) is 0.667. The molecular formula is C21H36O2S. The summed E-state index contributed by atoms with van der Waals surface area (Å²) in [6, 6.07) is 0. The summed E-state index contributed by atoms with van der Waals surface area (Å²) in [5.74, 6) is 4.18. The lowest BCUT2D eigenvalue weighted by molar-refractivity contribution is -0.0196. The van der Waals surface area contributed by atoms with Crippen LogP contribution in [0.3, 0.4) is 0 Å². The summed E-state index contributed by atoms with van der Waals surface area (Å²) in [5, 5.41) is 21.4. The minimum Gasteiger partial charge on any atom is -0.392 e. The maximum absolute atomic E-state index is 11.1. The number of allylic oxidation sites excluding steroid dienone is 1. The lowest BCUT2D eigenvalue weighted by atomic mass is 9.82. The average molecular weight is 353 g/mol. The van der Waals surface area contributed by atoms with Crippen LogP contribution in [-0.4, -0.2) is 27.8 Å². The topological polar surface area (TPSA) is 40.5 Å². The molecule has 0 aromatic heterocycles. The summed E-state index contributed by atoms with van der Waals surface area (Å²) >= 11 is 3.83. The van der Waals surface area contributed by atoms with E-state index in [1.54, 1.807) is 0 Å².